The number of aromatic nitrogens is 1. The van der Waals surface area contributed by atoms with Crippen molar-refractivity contribution in [1.29, 1.82) is 0 Å². The highest BCUT2D eigenvalue weighted by Gasteiger charge is 2.20. The highest BCUT2D eigenvalue weighted by molar-refractivity contribution is 14.1. The first kappa shape index (κ1) is 13.1. The number of para-hydroxylation sites is 1. The van der Waals surface area contributed by atoms with Gasteiger partial charge in [0.05, 0.1) is 9.09 Å². The molecule has 0 saturated heterocycles. The van der Waals surface area contributed by atoms with Crippen LogP contribution in [0, 0.1) is 3.57 Å². The van der Waals surface area contributed by atoms with E-state index >= 15 is 0 Å². The molecule has 21 heavy (non-hydrogen) atoms. The summed E-state index contributed by atoms with van der Waals surface area (Å²) >= 11 is 2.21. The lowest BCUT2D eigenvalue weighted by Gasteiger charge is -2.22. The summed E-state index contributed by atoms with van der Waals surface area (Å²) in [5.41, 5.74) is 4.77. The van der Waals surface area contributed by atoms with Crippen molar-refractivity contribution >= 4 is 33.5 Å². The molecule has 1 aliphatic heterocycles. The molecule has 2 nitrogen and oxygen atoms in total. The fourth-order valence-electron chi connectivity index (χ4n) is 3.29. The Morgan fingerprint density at radius 1 is 1.00 bits per heavy atom. The molecular formula is C18H14INO. The van der Waals surface area contributed by atoms with Gasteiger partial charge in [0, 0.05) is 17.5 Å². The number of pyridine rings is 1. The van der Waals surface area contributed by atoms with Gasteiger partial charge in [-0.25, -0.2) is 0 Å². The van der Waals surface area contributed by atoms with Gasteiger partial charge >= 0.3 is 0 Å². The van der Waals surface area contributed by atoms with E-state index in [2.05, 4.69) is 52.9 Å². The van der Waals surface area contributed by atoms with E-state index in [1.54, 1.807) is 0 Å². The van der Waals surface area contributed by atoms with Gasteiger partial charge in [-0.05, 0) is 46.6 Å². The fourth-order valence-corrected chi connectivity index (χ4v) is 4.18. The second-order valence-corrected chi connectivity index (χ2v) is 6.51. The summed E-state index contributed by atoms with van der Waals surface area (Å²) in [6, 6.07) is 16.6. The average molecular weight is 387 g/mol. The van der Waals surface area contributed by atoms with Crippen molar-refractivity contribution in [3.8, 4) is 11.1 Å². The van der Waals surface area contributed by atoms with Crippen LogP contribution in [0.3, 0.4) is 0 Å². The van der Waals surface area contributed by atoms with Crippen molar-refractivity contribution < 1.29 is 0 Å². The van der Waals surface area contributed by atoms with Crippen LogP contribution in [-0.2, 0) is 13.0 Å². The van der Waals surface area contributed by atoms with Crippen LogP contribution in [0.1, 0.15) is 12.0 Å². The van der Waals surface area contributed by atoms with Crippen LogP contribution in [0.25, 0.3) is 22.0 Å². The number of nitrogens with zero attached hydrogens (tertiary/aromatic N) is 1. The summed E-state index contributed by atoms with van der Waals surface area (Å²) in [7, 11) is 0. The molecule has 0 radical (unpaired) electrons. The SMILES string of the molecule is O=c1c(I)c(-c2ccccc2)c2cccc3c2n1CCC3. The highest BCUT2D eigenvalue weighted by Crippen LogP contribution is 2.34. The smallest absolute Gasteiger partial charge is 0.265 e. The fraction of sp³-hybridized carbons (Fsp3) is 0.167. The molecule has 0 bridgehead atoms. The summed E-state index contributed by atoms with van der Waals surface area (Å²) in [5, 5.41) is 1.20. The summed E-state index contributed by atoms with van der Waals surface area (Å²) in [6.07, 6.45) is 2.11. The zero-order chi connectivity index (χ0) is 14.4. The Morgan fingerprint density at radius 3 is 2.62 bits per heavy atom. The van der Waals surface area contributed by atoms with Crippen LogP contribution in [0.5, 0.6) is 0 Å². The number of halogens is 1. The van der Waals surface area contributed by atoms with Gasteiger partial charge in [0.2, 0.25) is 0 Å². The third-order valence-corrected chi connectivity index (χ3v) is 5.20. The molecule has 0 unspecified atom stereocenters. The van der Waals surface area contributed by atoms with Crippen molar-refractivity contribution in [3.63, 3.8) is 0 Å². The third kappa shape index (κ3) is 1.94. The van der Waals surface area contributed by atoms with Crippen molar-refractivity contribution in [3.05, 3.63) is 68.0 Å². The Morgan fingerprint density at radius 2 is 1.81 bits per heavy atom. The lowest BCUT2D eigenvalue weighted by molar-refractivity contribution is 0.614. The third-order valence-electron chi connectivity index (χ3n) is 4.20. The minimum Gasteiger partial charge on any atom is -0.307 e. The van der Waals surface area contributed by atoms with Crippen molar-refractivity contribution in [1.82, 2.24) is 4.57 Å². The van der Waals surface area contributed by atoms with Gasteiger partial charge < -0.3 is 4.57 Å². The molecule has 1 aliphatic rings. The molecule has 0 amide bonds. The van der Waals surface area contributed by atoms with E-state index in [1.807, 2.05) is 22.8 Å². The maximum absolute atomic E-state index is 12.7. The molecular weight excluding hydrogens is 373 g/mol. The van der Waals surface area contributed by atoms with Crippen LogP contribution < -0.4 is 5.56 Å². The van der Waals surface area contributed by atoms with Gasteiger partial charge in [-0.2, -0.15) is 0 Å². The van der Waals surface area contributed by atoms with E-state index in [9.17, 15) is 4.79 Å². The maximum atomic E-state index is 12.7. The van der Waals surface area contributed by atoms with E-state index in [0.717, 1.165) is 39.6 Å². The average Bonchev–Trinajstić information content (AvgIpc) is 2.54. The monoisotopic (exact) mass is 387 g/mol. The minimum absolute atomic E-state index is 0.147. The molecule has 4 rings (SSSR count). The first-order valence-electron chi connectivity index (χ1n) is 7.16. The van der Waals surface area contributed by atoms with E-state index in [0.29, 0.717) is 0 Å². The van der Waals surface area contributed by atoms with Crippen molar-refractivity contribution in [2.45, 2.75) is 19.4 Å². The minimum atomic E-state index is 0.147. The molecule has 0 aliphatic carbocycles. The van der Waals surface area contributed by atoms with Gasteiger partial charge in [-0.3, -0.25) is 4.79 Å². The number of aryl methyl sites for hydroxylation is 2. The largest absolute Gasteiger partial charge is 0.307 e. The van der Waals surface area contributed by atoms with Gasteiger partial charge in [0.15, 0.2) is 0 Å². The molecule has 104 valence electrons. The van der Waals surface area contributed by atoms with Crippen LogP contribution >= 0.6 is 22.6 Å². The van der Waals surface area contributed by atoms with Gasteiger partial charge in [-0.1, -0.05) is 48.5 Å². The molecule has 1 aromatic heterocycles. The lowest BCUT2D eigenvalue weighted by atomic mass is 9.95. The quantitative estimate of drug-likeness (QED) is 0.574. The first-order chi connectivity index (χ1) is 10.3. The summed E-state index contributed by atoms with van der Waals surface area (Å²) in [6.45, 7) is 0.831. The molecule has 0 fully saturated rings. The Hall–Kier alpha value is -1.62. The van der Waals surface area contributed by atoms with Crippen LogP contribution in [-0.4, -0.2) is 4.57 Å². The predicted octanol–water partition coefficient (Wildman–Crippen LogP) is 4.22. The van der Waals surface area contributed by atoms with E-state index in [-0.39, 0.29) is 5.56 Å². The number of benzene rings is 2. The normalized spacial score (nSPS) is 13.6. The first-order valence-corrected chi connectivity index (χ1v) is 8.24. The van der Waals surface area contributed by atoms with E-state index in [1.165, 1.54) is 10.9 Å². The molecule has 3 heteroatoms. The number of hydrogen-bond donors (Lipinski definition) is 0. The molecule has 0 N–H and O–H groups in total. The number of hydrogen-bond acceptors (Lipinski definition) is 1. The van der Waals surface area contributed by atoms with Crippen LogP contribution in [0.2, 0.25) is 0 Å². The standard InChI is InChI=1S/C18H14INO/c19-16-15(12-6-2-1-3-7-12)14-10-4-8-13-9-5-11-20(17(13)14)18(16)21/h1-4,6-8,10H,5,9,11H2. The highest BCUT2D eigenvalue weighted by atomic mass is 127. The summed E-state index contributed by atoms with van der Waals surface area (Å²) in [4.78, 5) is 12.7. The topological polar surface area (TPSA) is 22.0 Å². The second-order valence-electron chi connectivity index (χ2n) is 5.43. The van der Waals surface area contributed by atoms with Gasteiger partial charge in [0.1, 0.15) is 0 Å². The molecule has 2 aromatic carbocycles. The van der Waals surface area contributed by atoms with E-state index < -0.39 is 0 Å². The maximum Gasteiger partial charge on any atom is 0.265 e. The van der Waals surface area contributed by atoms with Crippen molar-refractivity contribution in [2.24, 2.45) is 0 Å². The van der Waals surface area contributed by atoms with Gasteiger partial charge in [-0.15, -0.1) is 0 Å². The molecule has 3 aromatic rings. The van der Waals surface area contributed by atoms with Crippen molar-refractivity contribution in [2.75, 3.05) is 0 Å². The lowest BCUT2D eigenvalue weighted by Crippen LogP contribution is -2.27. The zero-order valence-electron chi connectivity index (χ0n) is 11.5. The second kappa shape index (κ2) is 4.98. The Balaban J connectivity index is 2.21. The molecule has 0 saturated carbocycles. The van der Waals surface area contributed by atoms with E-state index in [4.69, 9.17) is 0 Å². The van der Waals surface area contributed by atoms with Crippen LogP contribution in [0.4, 0.5) is 0 Å². The summed E-state index contributed by atoms with van der Waals surface area (Å²) in [5.74, 6) is 0. The Labute approximate surface area is 136 Å². The Kier molecular flexibility index (Phi) is 3.10. The number of rotatable bonds is 1. The van der Waals surface area contributed by atoms with Gasteiger partial charge in [0.25, 0.3) is 5.56 Å². The van der Waals surface area contributed by atoms with Crippen LogP contribution in [0.15, 0.2) is 53.3 Å². The predicted molar refractivity (Wildman–Crippen MR) is 94.7 cm³/mol. The molecule has 0 spiro atoms. The Bertz CT molecular complexity index is 896. The molecule has 0 atom stereocenters. The molecule has 2 heterocycles. The summed E-state index contributed by atoms with van der Waals surface area (Å²) < 4.78 is 2.79. The zero-order valence-corrected chi connectivity index (χ0v) is 13.6.